The zero-order valence-electron chi connectivity index (χ0n) is 15.7. The highest BCUT2D eigenvalue weighted by Crippen LogP contribution is 2.37. The number of anilines is 1. The molecule has 0 aliphatic carbocycles. The van der Waals surface area contributed by atoms with Crippen molar-refractivity contribution in [3.05, 3.63) is 29.8 Å². The first-order valence-corrected chi connectivity index (χ1v) is 8.83. The fourth-order valence-corrected chi connectivity index (χ4v) is 3.46. The van der Waals surface area contributed by atoms with Gasteiger partial charge in [-0.15, -0.1) is 0 Å². The molecule has 2 fully saturated rings. The summed E-state index contributed by atoms with van der Waals surface area (Å²) >= 11 is 0. The SMILES string of the molecule is Cc1ccc(N2C(=O)NC(=O)C23CCN(C(=O)OC(C)(C)C)CC3)cc1. The van der Waals surface area contributed by atoms with E-state index in [1.165, 1.54) is 0 Å². The smallest absolute Gasteiger partial charge is 0.410 e. The van der Waals surface area contributed by atoms with E-state index in [-0.39, 0.29) is 12.0 Å². The number of hydrogen-bond acceptors (Lipinski definition) is 4. The molecule has 7 nitrogen and oxygen atoms in total. The molecule has 0 atom stereocenters. The van der Waals surface area contributed by atoms with Gasteiger partial charge in [-0.25, -0.2) is 9.59 Å². The van der Waals surface area contributed by atoms with Gasteiger partial charge < -0.3 is 9.64 Å². The second-order valence-corrected chi connectivity index (χ2v) is 7.93. The maximum atomic E-state index is 12.6. The Morgan fingerprint density at radius 3 is 2.23 bits per heavy atom. The lowest BCUT2D eigenvalue weighted by atomic mass is 9.85. The first-order chi connectivity index (χ1) is 12.1. The van der Waals surface area contributed by atoms with Crippen molar-refractivity contribution >= 4 is 23.7 Å². The summed E-state index contributed by atoms with van der Waals surface area (Å²) < 4.78 is 5.41. The number of urea groups is 1. The molecule has 1 spiro atoms. The summed E-state index contributed by atoms with van der Waals surface area (Å²) in [5.41, 5.74) is 0.240. The Morgan fingerprint density at radius 2 is 1.69 bits per heavy atom. The van der Waals surface area contributed by atoms with Gasteiger partial charge in [0.1, 0.15) is 11.1 Å². The molecule has 1 N–H and O–H groups in total. The first-order valence-electron chi connectivity index (χ1n) is 8.83. The van der Waals surface area contributed by atoms with Crippen LogP contribution < -0.4 is 10.2 Å². The van der Waals surface area contributed by atoms with Gasteiger partial charge in [0.15, 0.2) is 0 Å². The van der Waals surface area contributed by atoms with Crippen molar-refractivity contribution in [1.29, 1.82) is 0 Å². The van der Waals surface area contributed by atoms with Crippen LogP contribution in [0.25, 0.3) is 0 Å². The molecule has 26 heavy (non-hydrogen) atoms. The van der Waals surface area contributed by atoms with Crippen LogP contribution in [0, 0.1) is 6.92 Å². The third-order valence-electron chi connectivity index (χ3n) is 4.81. The predicted molar refractivity (Wildman–Crippen MR) is 97.0 cm³/mol. The van der Waals surface area contributed by atoms with Gasteiger partial charge >= 0.3 is 12.1 Å². The van der Waals surface area contributed by atoms with Crippen LogP contribution >= 0.6 is 0 Å². The van der Waals surface area contributed by atoms with E-state index in [0.717, 1.165) is 5.56 Å². The number of imide groups is 1. The molecule has 0 radical (unpaired) electrons. The number of hydrogen-bond donors (Lipinski definition) is 1. The molecule has 2 aliphatic rings. The van der Waals surface area contributed by atoms with Gasteiger partial charge in [0, 0.05) is 18.8 Å². The van der Waals surface area contributed by atoms with Crippen molar-refractivity contribution < 1.29 is 19.1 Å². The Bertz CT molecular complexity index is 728. The molecular formula is C19H25N3O4. The average molecular weight is 359 g/mol. The molecule has 1 aromatic rings. The number of aryl methyl sites for hydroxylation is 1. The molecule has 0 saturated carbocycles. The second-order valence-electron chi connectivity index (χ2n) is 7.93. The highest BCUT2D eigenvalue weighted by Gasteiger charge is 2.55. The van der Waals surface area contributed by atoms with E-state index in [1.807, 2.05) is 52.0 Å². The average Bonchev–Trinajstić information content (AvgIpc) is 2.78. The number of nitrogens with zero attached hydrogens (tertiary/aromatic N) is 2. The lowest BCUT2D eigenvalue weighted by Crippen LogP contribution is -2.58. The van der Waals surface area contributed by atoms with Crippen molar-refractivity contribution in [1.82, 2.24) is 10.2 Å². The fraction of sp³-hybridized carbons (Fsp3) is 0.526. The minimum Gasteiger partial charge on any atom is -0.444 e. The largest absolute Gasteiger partial charge is 0.444 e. The lowest BCUT2D eigenvalue weighted by Gasteiger charge is -2.42. The van der Waals surface area contributed by atoms with E-state index in [0.29, 0.717) is 31.6 Å². The molecular weight excluding hydrogens is 334 g/mol. The summed E-state index contributed by atoms with van der Waals surface area (Å²) in [6.45, 7) is 8.14. The van der Waals surface area contributed by atoms with Crippen LogP contribution in [0.15, 0.2) is 24.3 Å². The number of ether oxygens (including phenoxy) is 1. The van der Waals surface area contributed by atoms with Crippen molar-refractivity contribution in [3.63, 3.8) is 0 Å². The Kier molecular flexibility index (Phi) is 4.42. The van der Waals surface area contributed by atoms with Gasteiger partial charge in [0.2, 0.25) is 0 Å². The standard InChI is InChI=1S/C19H25N3O4/c1-13-5-7-14(8-6-13)22-16(24)20-15(23)19(22)9-11-21(12-10-19)17(25)26-18(2,3)4/h5-8H,9-12H2,1-4H3,(H,20,23,24). The molecule has 140 valence electrons. The third kappa shape index (κ3) is 3.25. The van der Waals surface area contributed by atoms with E-state index < -0.39 is 17.2 Å². The van der Waals surface area contributed by atoms with Crippen LogP contribution in [0.4, 0.5) is 15.3 Å². The second kappa shape index (κ2) is 6.30. The molecule has 4 amide bonds. The minimum atomic E-state index is -0.954. The van der Waals surface area contributed by atoms with E-state index >= 15 is 0 Å². The lowest BCUT2D eigenvalue weighted by molar-refractivity contribution is -0.124. The Hall–Kier alpha value is -2.57. The summed E-state index contributed by atoms with van der Waals surface area (Å²) in [4.78, 5) is 40.5. The summed E-state index contributed by atoms with van der Waals surface area (Å²) in [5, 5.41) is 2.44. The number of carbonyl (C=O) groups excluding carboxylic acids is 3. The summed E-state index contributed by atoms with van der Waals surface area (Å²) in [6, 6.07) is 7.10. The normalized spacial score (nSPS) is 19.7. The maximum Gasteiger partial charge on any atom is 0.410 e. The van der Waals surface area contributed by atoms with Crippen LogP contribution in [-0.2, 0) is 9.53 Å². The van der Waals surface area contributed by atoms with Gasteiger partial charge in [-0.1, -0.05) is 17.7 Å². The Labute approximate surface area is 153 Å². The van der Waals surface area contributed by atoms with Crippen molar-refractivity contribution in [3.8, 4) is 0 Å². The Balaban J connectivity index is 1.80. The molecule has 0 unspecified atom stereocenters. The van der Waals surface area contributed by atoms with Crippen molar-refractivity contribution in [2.24, 2.45) is 0 Å². The summed E-state index contributed by atoms with van der Waals surface area (Å²) in [5.74, 6) is -0.299. The number of benzene rings is 1. The van der Waals surface area contributed by atoms with Gasteiger partial charge in [-0.3, -0.25) is 15.0 Å². The number of carbonyl (C=O) groups is 3. The molecule has 7 heteroatoms. The van der Waals surface area contributed by atoms with E-state index in [1.54, 1.807) is 9.80 Å². The van der Waals surface area contributed by atoms with E-state index in [9.17, 15) is 14.4 Å². The van der Waals surface area contributed by atoms with Gasteiger partial charge in [-0.05, 0) is 52.7 Å². The predicted octanol–water partition coefficient (Wildman–Crippen LogP) is 2.82. The molecule has 0 aromatic heterocycles. The number of amides is 4. The monoisotopic (exact) mass is 359 g/mol. The number of piperidine rings is 1. The van der Waals surface area contributed by atoms with Crippen LogP contribution in [0.3, 0.4) is 0 Å². The zero-order valence-corrected chi connectivity index (χ0v) is 15.7. The summed E-state index contributed by atoms with van der Waals surface area (Å²) in [7, 11) is 0. The molecule has 3 rings (SSSR count). The summed E-state index contributed by atoms with van der Waals surface area (Å²) in [6.07, 6.45) is 0.356. The number of rotatable bonds is 1. The van der Waals surface area contributed by atoms with Gasteiger partial charge in [0.25, 0.3) is 5.91 Å². The highest BCUT2D eigenvalue weighted by molar-refractivity contribution is 6.17. The molecule has 0 bridgehead atoms. The van der Waals surface area contributed by atoms with Crippen LogP contribution in [-0.4, -0.2) is 47.2 Å². The van der Waals surface area contributed by atoms with Gasteiger partial charge in [0.05, 0.1) is 0 Å². The van der Waals surface area contributed by atoms with Gasteiger partial charge in [-0.2, -0.15) is 0 Å². The van der Waals surface area contributed by atoms with Crippen LogP contribution in [0.2, 0.25) is 0 Å². The van der Waals surface area contributed by atoms with Crippen molar-refractivity contribution in [2.75, 3.05) is 18.0 Å². The van der Waals surface area contributed by atoms with Crippen LogP contribution in [0.1, 0.15) is 39.2 Å². The maximum absolute atomic E-state index is 12.6. The van der Waals surface area contributed by atoms with Crippen LogP contribution in [0.5, 0.6) is 0 Å². The first kappa shape index (κ1) is 18.2. The minimum absolute atomic E-state index is 0.299. The topological polar surface area (TPSA) is 79.0 Å². The number of likely N-dealkylation sites (tertiary alicyclic amines) is 1. The highest BCUT2D eigenvalue weighted by atomic mass is 16.6. The third-order valence-corrected chi connectivity index (χ3v) is 4.81. The van der Waals surface area contributed by atoms with E-state index in [4.69, 9.17) is 4.74 Å². The quantitative estimate of drug-likeness (QED) is 0.782. The zero-order chi connectivity index (χ0) is 19.1. The molecule has 2 heterocycles. The molecule has 1 aromatic carbocycles. The van der Waals surface area contributed by atoms with Crippen molar-refractivity contribution in [2.45, 2.75) is 51.7 Å². The fourth-order valence-electron chi connectivity index (χ4n) is 3.46. The molecule has 2 saturated heterocycles. The molecule has 2 aliphatic heterocycles. The number of nitrogens with one attached hydrogen (secondary N) is 1. The Morgan fingerprint density at radius 1 is 1.12 bits per heavy atom. The van der Waals surface area contributed by atoms with E-state index in [2.05, 4.69) is 5.32 Å².